The monoisotopic (exact) mass is 112 g/mol. The predicted molar refractivity (Wildman–Crippen MR) is 32.5 cm³/mol. The Morgan fingerprint density at radius 3 is 2.25 bits per heavy atom. The molecule has 0 aromatic heterocycles. The summed E-state index contributed by atoms with van der Waals surface area (Å²) in [5.41, 5.74) is 0. The highest BCUT2D eigenvalue weighted by molar-refractivity contribution is 4.78. The lowest BCUT2D eigenvalue weighted by atomic mass is 10.0. The molecule has 0 aromatic rings. The van der Waals surface area contributed by atoms with Crippen molar-refractivity contribution in [1.29, 1.82) is 0 Å². The van der Waals surface area contributed by atoms with E-state index in [4.69, 9.17) is 0 Å². The lowest BCUT2D eigenvalue weighted by Crippen LogP contribution is -2.81. The van der Waals surface area contributed by atoms with E-state index in [0.717, 1.165) is 11.8 Å². The summed E-state index contributed by atoms with van der Waals surface area (Å²) in [6.07, 6.45) is 4.57. The van der Waals surface area contributed by atoms with Crippen LogP contribution >= 0.6 is 0 Å². The zero-order valence-electron chi connectivity index (χ0n) is 5.27. The standard InChI is InChI=1S/C7H13N/c1-2-6-4-8-5-7(6)3-1/h6-8H,1-5H2/p+1/t6-,7-/m0/s1. The third kappa shape index (κ3) is 0.576. The van der Waals surface area contributed by atoms with Crippen LogP contribution in [0.15, 0.2) is 0 Å². The molecule has 0 amide bonds. The van der Waals surface area contributed by atoms with Crippen molar-refractivity contribution in [3.05, 3.63) is 0 Å². The van der Waals surface area contributed by atoms with Gasteiger partial charge in [0.2, 0.25) is 0 Å². The van der Waals surface area contributed by atoms with E-state index in [1.54, 1.807) is 0 Å². The Balaban J connectivity index is 2.04. The van der Waals surface area contributed by atoms with Crippen molar-refractivity contribution in [1.82, 2.24) is 0 Å². The Bertz CT molecular complexity index is 70.4. The van der Waals surface area contributed by atoms with Gasteiger partial charge in [-0.15, -0.1) is 0 Å². The molecule has 1 saturated heterocycles. The molecule has 1 nitrogen and oxygen atoms in total. The fraction of sp³-hybridized carbons (Fsp3) is 1.00. The van der Waals surface area contributed by atoms with Crippen LogP contribution in [0.2, 0.25) is 0 Å². The van der Waals surface area contributed by atoms with Crippen molar-refractivity contribution in [2.45, 2.75) is 19.3 Å². The fourth-order valence-corrected chi connectivity index (χ4v) is 2.26. The molecule has 2 rings (SSSR count). The second kappa shape index (κ2) is 1.73. The first-order chi connectivity index (χ1) is 3.97. The summed E-state index contributed by atoms with van der Waals surface area (Å²) in [5, 5.41) is 2.48. The third-order valence-electron chi connectivity index (χ3n) is 2.76. The number of quaternary nitrogens is 1. The first kappa shape index (κ1) is 4.80. The SMILES string of the molecule is C1C[C@H]2C[NH2+]C[C@@H]2C1. The molecule has 0 aromatic carbocycles. The van der Waals surface area contributed by atoms with E-state index in [0.29, 0.717) is 0 Å². The number of hydrogen-bond acceptors (Lipinski definition) is 0. The molecule has 2 aliphatic rings. The molecule has 0 radical (unpaired) electrons. The van der Waals surface area contributed by atoms with Crippen molar-refractivity contribution >= 4 is 0 Å². The average molecular weight is 112 g/mol. The summed E-state index contributed by atoms with van der Waals surface area (Å²) in [4.78, 5) is 0. The van der Waals surface area contributed by atoms with Crippen LogP contribution in [0.25, 0.3) is 0 Å². The molecular formula is C7H14N+. The molecule has 1 heteroatoms. The molecule has 1 aliphatic carbocycles. The topological polar surface area (TPSA) is 16.6 Å². The second-order valence-electron chi connectivity index (χ2n) is 3.21. The summed E-state index contributed by atoms with van der Waals surface area (Å²) in [6, 6.07) is 0. The van der Waals surface area contributed by atoms with Crippen LogP contribution in [0.4, 0.5) is 0 Å². The molecule has 0 unspecified atom stereocenters. The van der Waals surface area contributed by atoms with Crippen LogP contribution in [-0.4, -0.2) is 13.1 Å². The van der Waals surface area contributed by atoms with Gasteiger partial charge in [-0.1, -0.05) is 6.42 Å². The minimum atomic E-state index is 1.12. The molecule has 2 fully saturated rings. The zero-order valence-corrected chi connectivity index (χ0v) is 5.27. The molecule has 8 heavy (non-hydrogen) atoms. The van der Waals surface area contributed by atoms with Crippen LogP contribution in [0.3, 0.4) is 0 Å². The molecule has 1 heterocycles. The summed E-state index contributed by atoms with van der Waals surface area (Å²) >= 11 is 0. The van der Waals surface area contributed by atoms with E-state index in [-0.39, 0.29) is 0 Å². The smallest absolute Gasteiger partial charge is 0.0788 e. The highest BCUT2D eigenvalue weighted by Gasteiger charge is 2.34. The van der Waals surface area contributed by atoms with Gasteiger partial charge in [-0.05, 0) is 12.8 Å². The lowest BCUT2D eigenvalue weighted by Gasteiger charge is -1.98. The van der Waals surface area contributed by atoms with E-state index >= 15 is 0 Å². The van der Waals surface area contributed by atoms with Crippen LogP contribution in [0.1, 0.15) is 19.3 Å². The lowest BCUT2D eigenvalue weighted by molar-refractivity contribution is -0.640. The van der Waals surface area contributed by atoms with Crippen LogP contribution < -0.4 is 5.32 Å². The van der Waals surface area contributed by atoms with E-state index in [1.165, 1.54) is 32.4 Å². The second-order valence-corrected chi connectivity index (χ2v) is 3.21. The minimum absolute atomic E-state index is 1.12. The quantitative estimate of drug-likeness (QED) is 0.453. The summed E-state index contributed by atoms with van der Waals surface area (Å²) in [7, 11) is 0. The van der Waals surface area contributed by atoms with Crippen molar-refractivity contribution in [3.63, 3.8) is 0 Å². The molecule has 1 saturated carbocycles. The van der Waals surface area contributed by atoms with Crippen LogP contribution in [0, 0.1) is 11.8 Å². The van der Waals surface area contributed by atoms with Gasteiger partial charge in [-0.3, -0.25) is 0 Å². The van der Waals surface area contributed by atoms with Crippen molar-refractivity contribution in [2.24, 2.45) is 11.8 Å². The molecule has 0 bridgehead atoms. The number of hydrogen-bond donors (Lipinski definition) is 1. The van der Waals surface area contributed by atoms with Gasteiger partial charge in [0.25, 0.3) is 0 Å². The Labute approximate surface area is 50.5 Å². The van der Waals surface area contributed by atoms with E-state index < -0.39 is 0 Å². The van der Waals surface area contributed by atoms with Crippen molar-refractivity contribution < 1.29 is 5.32 Å². The summed E-state index contributed by atoms with van der Waals surface area (Å²) < 4.78 is 0. The third-order valence-corrected chi connectivity index (χ3v) is 2.76. The molecule has 1 aliphatic heterocycles. The summed E-state index contributed by atoms with van der Waals surface area (Å²) in [6.45, 7) is 2.87. The van der Waals surface area contributed by atoms with Gasteiger partial charge >= 0.3 is 0 Å². The number of nitrogens with two attached hydrogens (primary N) is 1. The van der Waals surface area contributed by atoms with Gasteiger partial charge in [0.1, 0.15) is 0 Å². The first-order valence-electron chi connectivity index (χ1n) is 3.78. The van der Waals surface area contributed by atoms with Gasteiger partial charge in [0.05, 0.1) is 13.1 Å². The maximum Gasteiger partial charge on any atom is 0.0788 e. The Kier molecular flexibility index (Phi) is 1.04. The average Bonchev–Trinajstić information content (AvgIpc) is 2.15. The fourth-order valence-electron chi connectivity index (χ4n) is 2.26. The van der Waals surface area contributed by atoms with Crippen molar-refractivity contribution in [2.75, 3.05) is 13.1 Å². The maximum absolute atomic E-state index is 2.48. The molecule has 2 N–H and O–H groups in total. The number of fused-ring (bicyclic) bond motifs is 1. The minimum Gasteiger partial charge on any atom is -0.346 e. The molecular weight excluding hydrogens is 98.1 g/mol. The largest absolute Gasteiger partial charge is 0.346 e. The van der Waals surface area contributed by atoms with Gasteiger partial charge < -0.3 is 5.32 Å². The first-order valence-corrected chi connectivity index (χ1v) is 3.78. The van der Waals surface area contributed by atoms with Crippen LogP contribution in [0.5, 0.6) is 0 Å². The van der Waals surface area contributed by atoms with Gasteiger partial charge in [-0.2, -0.15) is 0 Å². The van der Waals surface area contributed by atoms with Gasteiger partial charge in [0, 0.05) is 11.8 Å². The molecule has 46 valence electrons. The van der Waals surface area contributed by atoms with Gasteiger partial charge in [-0.25, -0.2) is 0 Å². The summed E-state index contributed by atoms with van der Waals surface area (Å²) in [5.74, 6) is 2.24. The van der Waals surface area contributed by atoms with E-state index in [9.17, 15) is 0 Å². The highest BCUT2D eigenvalue weighted by Crippen LogP contribution is 2.31. The van der Waals surface area contributed by atoms with E-state index in [1.807, 2.05) is 0 Å². The maximum atomic E-state index is 2.48. The Morgan fingerprint density at radius 2 is 1.62 bits per heavy atom. The zero-order chi connectivity index (χ0) is 5.40. The Hall–Kier alpha value is -0.0400. The molecule has 2 atom stereocenters. The predicted octanol–water partition coefficient (Wildman–Crippen LogP) is -0.0203. The normalized spacial score (nSPS) is 45.0. The van der Waals surface area contributed by atoms with Crippen LogP contribution in [-0.2, 0) is 0 Å². The number of rotatable bonds is 0. The molecule has 0 spiro atoms. The van der Waals surface area contributed by atoms with Crippen molar-refractivity contribution in [3.8, 4) is 0 Å². The highest BCUT2D eigenvalue weighted by atomic mass is 14.9. The van der Waals surface area contributed by atoms with E-state index in [2.05, 4.69) is 5.32 Å². The van der Waals surface area contributed by atoms with Gasteiger partial charge in [0.15, 0.2) is 0 Å². The Morgan fingerprint density at radius 1 is 1.00 bits per heavy atom.